The highest BCUT2D eigenvalue weighted by molar-refractivity contribution is 5.49. The summed E-state index contributed by atoms with van der Waals surface area (Å²) in [6.45, 7) is 6.52. The predicted octanol–water partition coefficient (Wildman–Crippen LogP) is 2.99. The molecule has 0 fully saturated rings. The molecular weight excluding hydrogens is 324 g/mol. The van der Waals surface area contributed by atoms with E-state index in [1.165, 1.54) is 0 Å². The molecule has 0 radical (unpaired) electrons. The van der Waals surface area contributed by atoms with Gasteiger partial charge in [0.05, 0.1) is 0 Å². The van der Waals surface area contributed by atoms with Crippen molar-refractivity contribution < 1.29 is 28.8 Å². The Kier molecular flexibility index (Phi) is 7.07. The van der Waals surface area contributed by atoms with E-state index in [1.54, 1.807) is 14.2 Å². The van der Waals surface area contributed by atoms with E-state index < -0.39 is 5.60 Å². The minimum atomic E-state index is -0.499. The molecule has 2 rings (SSSR count). The van der Waals surface area contributed by atoms with Gasteiger partial charge in [0.1, 0.15) is 30.0 Å². The molecule has 1 aromatic rings. The Morgan fingerprint density at radius 1 is 1.20 bits per heavy atom. The molecule has 1 aromatic carbocycles. The number of ether oxygens (including phenoxy) is 5. The van der Waals surface area contributed by atoms with Crippen molar-refractivity contribution in [3.8, 4) is 11.5 Å². The van der Waals surface area contributed by atoms with Crippen LogP contribution >= 0.6 is 0 Å². The molecule has 0 aromatic heterocycles. The maximum Gasteiger partial charge on any atom is 0.188 e. The van der Waals surface area contributed by atoms with Crippen molar-refractivity contribution in [2.75, 3.05) is 34.4 Å². The van der Waals surface area contributed by atoms with Gasteiger partial charge in [0.15, 0.2) is 6.79 Å². The van der Waals surface area contributed by atoms with E-state index >= 15 is 0 Å². The van der Waals surface area contributed by atoms with Gasteiger partial charge in [-0.15, -0.1) is 0 Å². The molecule has 0 bridgehead atoms. The maximum atomic E-state index is 9.50. The topological polar surface area (TPSA) is 66.4 Å². The van der Waals surface area contributed by atoms with Crippen LogP contribution in [0.4, 0.5) is 0 Å². The molecule has 0 saturated carbocycles. The molecule has 1 aliphatic heterocycles. The minimum absolute atomic E-state index is 0.123. The molecule has 0 aliphatic carbocycles. The first-order valence-corrected chi connectivity index (χ1v) is 8.59. The second kappa shape index (κ2) is 8.85. The van der Waals surface area contributed by atoms with Crippen LogP contribution in [0.3, 0.4) is 0 Å². The van der Waals surface area contributed by atoms with Crippen molar-refractivity contribution >= 4 is 0 Å². The third-order valence-corrected chi connectivity index (χ3v) is 4.65. The summed E-state index contributed by atoms with van der Waals surface area (Å²) in [5, 5.41) is 9.50. The Balaban J connectivity index is 2.29. The molecule has 2 unspecified atom stereocenters. The first kappa shape index (κ1) is 20.0. The van der Waals surface area contributed by atoms with E-state index in [0.717, 1.165) is 29.0 Å². The van der Waals surface area contributed by atoms with Crippen molar-refractivity contribution in [2.24, 2.45) is 0 Å². The van der Waals surface area contributed by atoms with Gasteiger partial charge in [-0.3, -0.25) is 0 Å². The summed E-state index contributed by atoms with van der Waals surface area (Å²) in [4.78, 5) is 0. The monoisotopic (exact) mass is 354 g/mol. The summed E-state index contributed by atoms with van der Waals surface area (Å²) >= 11 is 0. The third-order valence-electron chi connectivity index (χ3n) is 4.65. The lowest BCUT2D eigenvalue weighted by Crippen LogP contribution is -2.46. The Labute approximate surface area is 150 Å². The van der Waals surface area contributed by atoms with E-state index in [4.69, 9.17) is 23.7 Å². The van der Waals surface area contributed by atoms with Crippen LogP contribution in [0.2, 0.25) is 0 Å². The Morgan fingerprint density at radius 3 is 2.56 bits per heavy atom. The van der Waals surface area contributed by atoms with Gasteiger partial charge in [0, 0.05) is 26.4 Å². The van der Waals surface area contributed by atoms with E-state index in [-0.39, 0.29) is 32.2 Å². The second-order valence-electron chi connectivity index (χ2n) is 6.91. The smallest absolute Gasteiger partial charge is 0.188 e. The van der Waals surface area contributed by atoms with Gasteiger partial charge < -0.3 is 28.8 Å². The fraction of sp³-hybridized carbons (Fsp3) is 0.684. The fourth-order valence-corrected chi connectivity index (χ4v) is 3.12. The molecule has 0 saturated heterocycles. The molecule has 142 valence electrons. The van der Waals surface area contributed by atoms with E-state index in [1.807, 2.05) is 32.9 Å². The van der Waals surface area contributed by atoms with Crippen molar-refractivity contribution in [1.29, 1.82) is 0 Å². The standard InChI is InChI=1S/C19H30O6/c1-13-8-17-15(10-16(13)23-11-21-4)14(6-7-20)9-18(25-17)19(2,3)24-12-22-5/h8,10,14,18,20H,6-7,9,11-12H2,1-5H3. The number of hydrogen-bond donors (Lipinski definition) is 1. The lowest BCUT2D eigenvalue weighted by molar-refractivity contribution is -0.158. The lowest BCUT2D eigenvalue weighted by Gasteiger charge is -2.40. The van der Waals surface area contributed by atoms with Crippen LogP contribution in [-0.4, -0.2) is 51.2 Å². The summed E-state index contributed by atoms with van der Waals surface area (Å²) in [5.74, 6) is 1.78. The van der Waals surface area contributed by atoms with Crippen LogP contribution in [0.5, 0.6) is 11.5 Å². The van der Waals surface area contributed by atoms with Gasteiger partial charge in [-0.2, -0.15) is 0 Å². The molecule has 0 amide bonds. The molecule has 6 nitrogen and oxygen atoms in total. The average Bonchev–Trinajstić information content (AvgIpc) is 2.58. The third kappa shape index (κ3) is 4.85. The fourth-order valence-electron chi connectivity index (χ4n) is 3.12. The van der Waals surface area contributed by atoms with Crippen molar-refractivity contribution in [1.82, 2.24) is 0 Å². The van der Waals surface area contributed by atoms with Crippen molar-refractivity contribution in [3.63, 3.8) is 0 Å². The number of aliphatic hydroxyl groups is 1. The van der Waals surface area contributed by atoms with Gasteiger partial charge in [-0.25, -0.2) is 0 Å². The highest BCUT2D eigenvalue weighted by Crippen LogP contribution is 2.44. The molecule has 0 spiro atoms. The van der Waals surface area contributed by atoms with E-state index in [9.17, 15) is 5.11 Å². The molecule has 1 heterocycles. The number of methoxy groups -OCH3 is 2. The molecule has 25 heavy (non-hydrogen) atoms. The zero-order valence-electron chi connectivity index (χ0n) is 15.8. The summed E-state index contributed by atoms with van der Waals surface area (Å²) in [6.07, 6.45) is 1.30. The molecule has 1 N–H and O–H groups in total. The Bertz CT molecular complexity index is 557. The van der Waals surface area contributed by atoms with Crippen LogP contribution in [0, 0.1) is 6.92 Å². The minimum Gasteiger partial charge on any atom is -0.487 e. The Hall–Kier alpha value is -1.34. The maximum absolute atomic E-state index is 9.50. The van der Waals surface area contributed by atoms with Gasteiger partial charge in [-0.1, -0.05) is 0 Å². The highest BCUT2D eigenvalue weighted by Gasteiger charge is 2.39. The summed E-state index contributed by atoms with van der Waals surface area (Å²) in [7, 11) is 3.20. The molecular formula is C19H30O6. The van der Waals surface area contributed by atoms with E-state index in [2.05, 4.69) is 0 Å². The van der Waals surface area contributed by atoms with E-state index in [0.29, 0.717) is 6.42 Å². The van der Waals surface area contributed by atoms with Crippen molar-refractivity contribution in [2.45, 2.75) is 51.2 Å². The zero-order valence-corrected chi connectivity index (χ0v) is 15.8. The SMILES string of the molecule is COCOc1cc2c(cc1C)OC(C(C)(C)OCOC)CC2CCO. The number of fused-ring (bicyclic) bond motifs is 1. The van der Waals surface area contributed by atoms with Gasteiger partial charge in [0.25, 0.3) is 0 Å². The van der Waals surface area contributed by atoms with Crippen LogP contribution in [0.1, 0.15) is 43.7 Å². The summed E-state index contributed by atoms with van der Waals surface area (Å²) in [5.41, 5.74) is 1.54. The van der Waals surface area contributed by atoms with Crippen LogP contribution in [-0.2, 0) is 14.2 Å². The first-order chi connectivity index (χ1) is 11.9. The molecule has 2 atom stereocenters. The second-order valence-corrected chi connectivity index (χ2v) is 6.91. The highest BCUT2D eigenvalue weighted by atomic mass is 16.7. The van der Waals surface area contributed by atoms with Crippen LogP contribution < -0.4 is 9.47 Å². The number of aliphatic hydroxyl groups excluding tert-OH is 1. The summed E-state index contributed by atoms with van der Waals surface area (Å²) < 4.78 is 27.8. The number of aryl methyl sites for hydroxylation is 1. The largest absolute Gasteiger partial charge is 0.487 e. The quantitative estimate of drug-likeness (QED) is 0.688. The van der Waals surface area contributed by atoms with Gasteiger partial charge >= 0.3 is 0 Å². The molecule has 6 heteroatoms. The first-order valence-electron chi connectivity index (χ1n) is 8.59. The predicted molar refractivity (Wildman–Crippen MR) is 94.2 cm³/mol. The number of hydrogen-bond acceptors (Lipinski definition) is 6. The Morgan fingerprint density at radius 2 is 1.92 bits per heavy atom. The zero-order chi connectivity index (χ0) is 18.4. The number of rotatable bonds is 9. The van der Waals surface area contributed by atoms with Crippen LogP contribution in [0.15, 0.2) is 12.1 Å². The van der Waals surface area contributed by atoms with Crippen molar-refractivity contribution in [3.05, 3.63) is 23.3 Å². The van der Waals surface area contributed by atoms with Crippen LogP contribution in [0.25, 0.3) is 0 Å². The lowest BCUT2D eigenvalue weighted by atomic mass is 9.82. The molecule has 1 aliphatic rings. The average molecular weight is 354 g/mol. The van der Waals surface area contributed by atoms with Gasteiger partial charge in [-0.05, 0) is 57.2 Å². The number of benzene rings is 1. The normalized spacial score (nSPS) is 20.1. The van der Waals surface area contributed by atoms with Gasteiger partial charge in [0.2, 0.25) is 0 Å². The summed E-state index contributed by atoms with van der Waals surface area (Å²) in [6, 6.07) is 3.99.